The van der Waals surface area contributed by atoms with Crippen LogP contribution in [0.15, 0.2) is 12.1 Å². The molecular formula is C15H22O2. The third-order valence-electron chi connectivity index (χ3n) is 3.22. The maximum Gasteiger partial charge on any atom is 0.163 e. The van der Waals surface area contributed by atoms with E-state index >= 15 is 0 Å². The summed E-state index contributed by atoms with van der Waals surface area (Å²) in [6, 6.07) is 3.85. The van der Waals surface area contributed by atoms with Gasteiger partial charge in [-0.25, -0.2) is 0 Å². The average Bonchev–Trinajstić information content (AvgIpc) is 2.28. The number of carbonyl (C=O) groups is 1. The Hall–Kier alpha value is -1.31. The first-order valence-electron chi connectivity index (χ1n) is 6.18. The van der Waals surface area contributed by atoms with Crippen molar-refractivity contribution >= 4 is 5.78 Å². The molecule has 0 radical (unpaired) electrons. The van der Waals surface area contributed by atoms with E-state index in [-0.39, 0.29) is 5.78 Å². The summed E-state index contributed by atoms with van der Waals surface area (Å²) < 4.78 is 5.30. The van der Waals surface area contributed by atoms with Gasteiger partial charge in [0, 0.05) is 12.0 Å². The van der Waals surface area contributed by atoms with Gasteiger partial charge in [-0.2, -0.15) is 0 Å². The van der Waals surface area contributed by atoms with E-state index < -0.39 is 0 Å². The van der Waals surface area contributed by atoms with Crippen molar-refractivity contribution in [3.05, 3.63) is 28.8 Å². The van der Waals surface area contributed by atoms with E-state index in [2.05, 4.69) is 13.8 Å². The van der Waals surface area contributed by atoms with Crippen molar-refractivity contribution in [3.8, 4) is 5.75 Å². The summed E-state index contributed by atoms with van der Waals surface area (Å²) in [4.78, 5) is 12.1. The van der Waals surface area contributed by atoms with Gasteiger partial charge >= 0.3 is 0 Å². The highest BCUT2D eigenvalue weighted by Crippen LogP contribution is 2.25. The molecule has 0 saturated carbocycles. The van der Waals surface area contributed by atoms with Crippen molar-refractivity contribution < 1.29 is 9.53 Å². The van der Waals surface area contributed by atoms with E-state index in [1.807, 2.05) is 26.0 Å². The molecule has 0 aliphatic carbocycles. The molecule has 2 nitrogen and oxygen atoms in total. The normalized spacial score (nSPS) is 12.3. The summed E-state index contributed by atoms with van der Waals surface area (Å²) in [5.74, 6) is 1.56. The van der Waals surface area contributed by atoms with E-state index in [4.69, 9.17) is 4.74 Å². The molecule has 17 heavy (non-hydrogen) atoms. The van der Waals surface area contributed by atoms with Crippen molar-refractivity contribution in [2.45, 2.75) is 40.5 Å². The number of carbonyl (C=O) groups excluding carboxylic acids is 1. The molecule has 1 rings (SSSR count). The summed E-state index contributed by atoms with van der Waals surface area (Å²) in [7, 11) is 1.66. The minimum Gasteiger partial charge on any atom is -0.496 e. The summed E-state index contributed by atoms with van der Waals surface area (Å²) in [6.07, 6.45) is 1.67. The van der Waals surface area contributed by atoms with Gasteiger partial charge in [-0.05, 0) is 43.0 Å². The zero-order valence-corrected chi connectivity index (χ0v) is 11.5. The van der Waals surface area contributed by atoms with E-state index in [0.29, 0.717) is 12.3 Å². The summed E-state index contributed by atoms with van der Waals surface area (Å²) in [5.41, 5.74) is 2.86. The zero-order chi connectivity index (χ0) is 13.0. The molecule has 0 N–H and O–H groups in total. The van der Waals surface area contributed by atoms with E-state index in [0.717, 1.165) is 28.9 Å². The first-order chi connectivity index (χ1) is 7.99. The van der Waals surface area contributed by atoms with E-state index in [1.165, 1.54) is 0 Å². The van der Waals surface area contributed by atoms with Crippen LogP contribution in [0.25, 0.3) is 0 Å². The second-order valence-corrected chi connectivity index (χ2v) is 4.78. The zero-order valence-electron chi connectivity index (χ0n) is 11.5. The molecule has 0 spiro atoms. The second kappa shape index (κ2) is 5.85. The molecule has 0 aromatic heterocycles. The Kier molecular flexibility index (Phi) is 4.73. The molecule has 0 aliphatic heterocycles. The highest BCUT2D eigenvalue weighted by Gasteiger charge is 2.13. The fraction of sp³-hybridized carbons (Fsp3) is 0.533. The lowest BCUT2D eigenvalue weighted by molar-refractivity contribution is 0.0963. The molecule has 0 amide bonds. The van der Waals surface area contributed by atoms with Crippen molar-refractivity contribution in [2.24, 2.45) is 5.92 Å². The van der Waals surface area contributed by atoms with Crippen molar-refractivity contribution in [1.29, 1.82) is 0 Å². The van der Waals surface area contributed by atoms with Crippen molar-refractivity contribution in [1.82, 2.24) is 0 Å². The van der Waals surface area contributed by atoms with Gasteiger partial charge in [0.05, 0.1) is 7.11 Å². The molecule has 1 unspecified atom stereocenters. The third-order valence-corrected chi connectivity index (χ3v) is 3.22. The molecule has 0 saturated heterocycles. The maximum absolute atomic E-state index is 12.1. The summed E-state index contributed by atoms with van der Waals surface area (Å²) >= 11 is 0. The number of ketones is 1. The summed E-state index contributed by atoms with van der Waals surface area (Å²) in [5, 5.41) is 0. The summed E-state index contributed by atoms with van der Waals surface area (Å²) in [6.45, 7) is 8.18. The lowest BCUT2D eigenvalue weighted by atomic mass is 9.95. The Balaban J connectivity index is 2.96. The minimum atomic E-state index is 0.230. The predicted octanol–water partition coefficient (Wildman–Crippen LogP) is 3.93. The number of aryl methyl sites for hydroxylation is 2. The number of methoxy groups -OCH3 is 1. The number of Topliss-reactive ketones (excluding diaryl/α,β-unsaturated/α-hetero) is 1. The Morgan fingerprint density at radius 1 is 1.29 bits per heavy atom. The maximum atomic E-state index is 12.1. The standard InChI is InChI=1S/C15H22O2/c1-6-10(2)7-14(16)13-8-11(3)15(17-5)12(4)9-13/h8-10H,6-7H2,1-5H3. The number of rotatable bonds is 5. The van der Waals surface area contributed by atoms with Gasteiger partial charge in [-0.3, -0.25) is 4.79 Å². The second-order valence-electron chi connectivity index (χ2n) is 4.78. The monoisotopic (exact) mass is 234 g/mol. The van der Waals surface area contributed by atoms with Crippen LogP contribution in [-0.2, 0) is 0 Å². The molecule has 0 heterocycles. The number of benzene rings is 1. The molecule has 2 heteroatoms. The number of ether oxygens (including phenoxy) is 1. The van der Waals surface area contributed by atoms with Crippen LogP contribution in [0.4, 0.5) is 0 Å². The molecule has 0 aliphatic rings. The Labute approximate surface area is 104 Å². The lowest BCUT2D eigenvalue weighted by Gasteiger charge is -2.12. The average molecular weight is 234 g/mol. The highest BCUT2D eigenvalue weighted by molar-refractivity contribution is 5.96. The van der Waals surface area contributed by atoms with Gasteiger partial charge in [0.1, 0.15) is 5.75 Å². The Bertz CT molecular complexity index is 384. The lowest BCUT2D eigenvalue weighted by Crippen LogP contribution is -2.06. The minimum absolute atomic E-state index is 0.230. The largest absolute Gasteiger partial charge is 0.496 e. The fourth-order valence-electron chi connectivity index (χ4n) is 2.01. The fourth-order valence-corrected chi connectivity index (χ4v) is 2.01. The van der Waals surface area contributed by atoms with Crippen LogP contribution in [0.3, 0.4) is 0 Å². The van der Waals surface area contributed by atoms with Crippen LogP contribution < -0.4 is 4.74 Å². The smallest absolute Gasteiger partial charge is 0.163 e. The Morgan fingerprint density at radius 3 is 2.24 bits per heavy atom. The highest BCUT2D eigenvalue weighted by atomic mass is 16.5. The van der Waals surface area contributed by atoms with Crippen LogP contribution in [0.1, 0.15) is 48.2 Å². The van der Waals surface area contributed by atoms with Gasteiger partial charge in [-0.1, -0.05) is 20.3 Å². The topological polar surface area (TPSA) is 26.3 Å². The van der Waals surface area contributed by atoms with Crippen LogP contribution in [-0.4, -0.2) is 12.9 Å². The molecule has 1 aromatic rings. The van der Waals surface area contributed by atoms with Crippen LogP contribution in [0, 0.1) is 19.8 Å². The molecule has 94 valence electrons. The molecule has 1 atom stereocenters. The molecule has 1 aromatic carbocycles. The third kappa shape index (κ3) is 3.32. The first-order valence-corrected chi connectivity index (χ1v) is 6.18. The van der Waals surface area contributed by atoms with Gasteiger partial charge in [0.15, 0.2) is 5.78 Å². The quantitative estimate of drug-likeness (QED) is 0.721. The number of hydrogen-bond acceptors (Lipinski definition) is 2. The molecule has 0 bridgehead atoms. The molecular weight excluding hydrogens is 212 g/mol. The van der Waals surface area contributed by atoms with E-state index in [9.17, 15) is 4.79 Å². The first kappa shape index (κ1) is 13.8. The van der Waals surface area contributed by atoms with Crippen LogP contribution >= 0.6 is 0 Å². The van der Waals surface area contributed by atoms with Gasteiger partial charge in [0.2, 0.25) is 0 Å². The van der Waals surface area contributed by atoms with Gasteiger partial charge in [0.25, 0.3) is 0 Å². The predicted molar refractivity (Wildman–Crippen MR) is 70.9 cm³/mol. The van der Waals surface area contributed by atoms with Crippen molar-refractivity contribution in [3.63, 3.8) is 0 Å². The Morgan fingerprint density at radius 2 is 1.82 bits per heavy atom. The van der Waals surface area contributed by atoms with Gasteiger partial charge in [-0.15, -0.1) is 0 Å². The molecule has 0 fully saturated rings. The van der Waals surface area contributed by atoms with Crippen LogP contribution in [0.2, 0.25) is 0 Å². The number of hydrogen-bond donors (Lipinski definition) is 0. The SMILES string of the molecule is CCC(C)CC(=O)c1cc(C)c(OC)c(C)c1. The van der Waals surface area contributed by atoms with Crippen LogP contribution in [0.5, 0.6) is 5.75 Å². The van der Waals surface area contributed by atoms with Crippen molar-refractivity contribution in [2.75, 3.05) is 7.11 Å². The van der Waals surface area contributed by atoms with E-state index in [1.54, 1.807) is 7.11 Å². The van der Waals surface area contributed by atoms with Gasteiger partial charge < -0.3 is 4.74 Å².